The minimum Gasteiger partial charge on any atom is -0.347 e. The number of hydrogen-bond donors (Lipinski definition) is 0. The van der Waals surface area contributed by atoms with E-state index in [1.54, 1.807) is 24.3 Å². The van der Waals surface area contributed by atoms with Gasteiger partial charge < -0.3 is 18.9 Å². The lowest BCUT2D eigenvalue weighted by Gasteiger charge is -2.50. The van der Waals surface area contributed by atoms with Crippen LogP contribution in [0.4, 0.5) is 8.78 Å². The standard InChI is InChI=1S/C24H24F2O5/c25-18-6-2-16(3-7-18)20-28-12-23(13-29-20)10-1-11-24(22(23)27)14-30-21(31-15-24)17-4-8-19(26)9-5-17/h2-9,20-21H,1,10-15H2. The van der Waals surface area contributed by atoms with Crippen LogP contribution in [0, 0.1) is 22.5 Å². The lowest BCUT2D eigenvalue weighted by atomic mass is 9.61. The van der Waals surface area contributed by atoms with Crippen molar-refractivity contribution in [3.8, 4) is 0 Å². The van der Waals surface area contributed by atoms with Crippen LogP contribution in [0.3, 0.4) is 0 Å². The summed E-state index contributed by atoms with van der Waals surface area (Å²) in [7, 11) is 0. The molecular weight excluding hydrogens is 406 g/mol. The Hall–Kier alpha value is -2.19. The second-order valence-electron chi connectivity index (χ2n) is 8.75. The van der Waals surface area contributed by atoms with E-state index in [0.29, 0.717) is 12.8 Å². The Balaban J connectivity index is 1.26. The minimum absolute atomic E-state index is 0.0568. The van der Waals surface area contributed by atoms with Crippen molar-refractivity contribution in [1.29, 1.82) is 0 Å². The van der Waals surface area contributed by atoms with Crippen LogP contribution in [-0.4, -0.2) is 32.2 Å². The smallest absolute Gasteiger partial charge is 0.183 e. The average molecular weight is 430 g/mol. The van der Waals surface area contributed by atoms with Gasteiger partial charge in [-0.05, 0) is 37.1 Å². The zero-order valence-electron chi connectivity index (χ0n) is 17.0. The van der Waals surface area contributed by atoms with E-state index in [1.807, 2.05) is 0 Å². The van der Waals surface area contributed by atoms with E-state index in [4.69, 9.17) is 18.9 Å². The fourth-order valence-electron chi connectivity index (χ4n) is 4.85. The summed E-state index contributed by atoms with van der Waals surface area (Å²) in [6.45, 7) is 0.988. The van der Waals surface area contributed by atoms with E-state index in [2.05, 4.69) is 0 Å². The molecule has 2 spiro atoms. The topological polar surface area (TPSA) is 54.0 Å². The predicted octanol–water partition coefficient (Wildman–Crippen LogP) is 4.48. The Labute approximate surface area is 179 Å². The molecule has 3 fully saturated rings. The van der Waals surface area contributed by atoms with E-state index < -0.39 is 23.4 Å². The van der Waals surface area contributed by atoms with Gasteiger partial charge in [-0.2, -0.15) is 0 Å². The fraction of sp³-hybridized carbons (Fsp3) is 0.458. The number of halogens is 2. The molecule has 0 unspecified atom stereocenters. The summed E-state index contributed by atoms with van der Waals surface area (Å²) >= 11 is 0. The maximum Gasteiger partial charge on any atom is 0.183 e. The van der Waals surface area contributed by atoms with E-state index in [9.17, 15) is 13.6 Å². The number of rotatable bonds is 2. The summed E-state index contributed by atoms with van der Waals surface area (Å²) in [6, 6.07) is 12.0. The molecular formula is C24H24F2O5. The number of carbonyl (C=O) groups is 1. The molecule has 2 aromatic rings. The number of hydrogen-bond acceptors (Lipinski definition) is 5. The van der Waals surface area contributed by atoms with Gasteiger partial charge >= 0.3 is 0 Å². The molecule has 0 aromatic heterocycles. The van der Waals surface area contributed by atoms with E-state index in [0.717, 1.165) is 17.5 Å². The molecule has 0 atom stereocenters. The van der Waals surface area contributed by atoms with Crippen molar-refractivity contribution in [3.05, 3.63) is 71.3 Å². The molecule has 0 radical (unpaired) electrons. The van der Waals surface area contributed by atoms with Crippen LogP contribution >= 0.6 is 0 Å². The summed E-state index contributed by atoms with van der Waals surface area (Å²) in [5.41, 5.74) is -0.0181. The highest BCUT2D eigenvalue weighted by Gasteiger charge is 2.57. The van der Waals surface area contributed by atoms with Crippen LogP contribution < -0.4 is 0 Å². The molecule has 5 rings (SSSR count). The average Bonchev–Trinajstić information content (AvgIpc) is 2.80. The lowest BCUT2D eigenvalue weighted by molar-refractivity contribution is -0.261. The van der Waals surface area contributed by atoms with Gasteiger partial charge in [-0.25, -0.2) is 8.78 Å². The number of Topliss-reactive ketones (excluding diaryl/α,β-unsaturated/α-hetero) is 1. The third kappa shape index (κ3) is 3.80. The molecule has 2 saturated heterocycles. The molecule has 5 nitrogen and oxygen atoms in total. The first-order valence-corrected chi connectivity index (χ1v) is 10.5. The molecule has 3 aliphatic rings. The summed E-state index contributed by atoms with van der Waals surface area (Å²) < 4.78 is 50.0. The van der Waals surface area contributed by atoms with Gasteiger partial charge in [-0.1, -0.05) is 30.7 Å². The van der Waals surface area contributed by atoms with Crippen LogP contribution in [-0.2, 0) is 23.7 Å². The Morgan fingerprint density at radius 1 is 0.645 bits per heavy atom. The number of carbonyl (C=O) groups excluding carboxylic acids is 1. The molecule has 164 valence electrons. The van der Waals surface area contributed by atoms with Crippen molar-refractivity contribution in [2.24, 2.45) is 10.8 Å². The number of ketones is 1. The van der Waals surface area contributed by atoms with Crippen LogP contribution in [0.15, 0.2) is 48.5 Å². The van der Waals surface area contributed by atoms with Gasteiger partial charge in [0.1, 0.15) is 11.6 Å². The van der Waals surface area contributed by atoms with Crippen molar-refractivity contribution in [3.63, 3.8) is 0 Å². The van der Waals surface area contributed by atoms with E-state index >= 15 is 0 Å². The largest absolute Gasteiger partial charge is 0.347 e. The molecule has 31 heavy (non-hydrogen) atoms. The molecule has 0 N–H and O–H groups in total. The van der Waals surface area contributed by atoms with Crippen LogP contribution in [0.25, 0.3) is 0 Å². The van der Waals surface area contributed by atoms with Crippen LogP contribution in [0.5, 0.6) is 0 Å². The Kier molecular flexibility index (Phi) is 5.38. The SMILES string of the molecule is O=C1C2(CCCC13COC(c1ccc(F)cc1)OC3)COC(c1ccc(F)cc1)OC2. The number of ether oxygens (including phenoxy) is 4. The Morgan fingerprint density at radius 3 is 1.35 bits per heavy atom. The lowest BCUT2D eigenvalue weighted by Crippen LogP contribution is -2.58. The molecule has 2 aromatic carbocycles. The molecule has 2 aliphatic heterocycles. The molecule has 7 heteroatoms. The van der Waals surface area contributed by atoms with Crippen molar-refractivity contribution < 1.29 is 32.5 Å². The highest BCUT2D eigenvalue weighted by atomic mass is 19.1. The van der Waals surface area contributed by atoms with Crippen molar-refractivity contribution in [1.82, 2.24) is 0 Å². The second kappa shape index (κ2) is 8.06. The van der Waals surface area contributed by atoms with E-state index in [1.165, 1.54) is 24.3 Å². The summed E-state index contributed by atoms with van der Waals surface area (Å²) in [5.74, 6) is -0.588. The molecule has 0 amide bonds. The van der Waals surface area contributed by atoms with Crippen molar-refractivity contribution in [2.45, 2.75) is 31.8 Å². The Bertz CT molecular complexity index is 852. The Morgan fingerprint density at radius 2 is 1.00 bits per heavy atom. The summed E-state index contributed by atoms with van der Waals surface area (Å²) in [6.07, 6.45) is 0.987. The van der Waals surface area contributed by atoms with Gasteiger partial charge in [0, 0.05) is 11.1 Å². The summed E-state index contributed by atoms with van der Waals surface area (Å²) in [5, 5.41) is 0. The highest BCUT2D eigenvalue weighted by Crippen LogP contribution is 2.49. The third-order valence-electron chi connectivity index (χ3n) is 6.60. The van der Waals surface area contributed by atoms with Crippen LogP contribution in [0.1, 0.15) is 43.0 Å². The van der Waals surface area contributed by atoms with Gasteiger partial charge in [0.05, 0.1) is 37.3 Å². The van der Waals surface area contributed by atoms with Crippen molar-refractivity contribution in [2.75, 3.05) is 26.4 Å². The van der Waals surface area contributed by atoms with Crippen LogP contribution in [0.2, 0.25) is 0 Å². The third-order valence-corrected chi connectivity index (χ3v) is 6.60. The van der Waals surface area contributed by atoms with Gasteiger partial charge in [0.15, 0.2) is 18.4 Å². The minimum atomic E-state index is -0.732. The first-order valence-electron chi connectivity index (χ1n) is 10.5. The monoisotopic (exact) mass is 430 g/mol. The van der Waals surface area contributed by atoms with Gasteiger partial charge in [-0.15, -0.1) is 0 Å². The molecule has 2 heterocycles. The first-order chi connectivity index (χ1) is 15.0. The second-order valence-corrected chi connectivity index (χ2v) is 8.75. The summed E-state index contributed by atoms with van der Waals surface area (Å²) in [4.78, 5) is 13.6. The van der Waals surface area contributed by atoms with Gasteiger partial charge in [0.25, 0.3) is 0 Å². The normalized spacial score (nSPS) is 33.7. The fourth-order valence-corrected chi connectivity index (χ4v) is 4.85. The van der Waals surface area contributed by atoms with E-state index in [-0.39, 0.29) is 43.8 Å². The zero-order valence-corrected chi connectivity index (χ0v) is 17.0. The van der Waals surface area contributed by atoms with Crippen molar-refractivity contribution >= 4 is 5.78 Å². The van der Waals surface area contributed by atoms with Gasteiger partial charge in [0.2, 0.25) is 0 Å². The molecule has 0 bridgehead atoms. The number of benzene rings is 2. The molecule has 1 saturated carbocycles. The maximum atomic E-state index is 13.6. The highest BCUT2D eigenvalue weighted by molar-refractivity contribution is 5.92. The predicted molar refractivity (Wildman–Crippen MR) is 106 cm³/mol. The quantitative estimate of drug-likeness (QED) is 0.703. The molecule has 1 aliphatic carbocycles. The maximum absolute atomic E-state index is 13.6. The van der Waals surface area contributed by atoms with Gasteiger partial charge in [-0.3, -0.25) is 4.79 Å². The zero-order chi connectivity index (χ0) is 21.5. The first kappa shape index (κ1) is 20.7.